The van der Waals surface area contributed by atoms with Crippen molar-refractivity contribution < 1.29 is 14.3 Å². The first-order chi connectivity index (χ1) is 17.1. The Morgan fingerprint density at radius 1 is 1.34 bits per heavy atom. The summed E-state index contributed by atoms with van der Waals surface area (Å²) in [5.74, 6) is 3.53. The lowest BCUT2D eigenvalue weighted by Gasteiger charge is -2.18. The summed E-state index contributed by atoms with van der Waals surface area (Å²) in [6.07, 6.45) is 11.1. The maximum Gasteiger partial charge on any atom is 0.248 e. The number of carbonyl (C=O) groups is 1. The van der Waals surface area contributed by atoms with Gasteiger partial charge in [0.05, 0.1) is 24.4 Å². The number of rotatable bonds is 9. The predicted molar refractivity (Wildman–Crippen MR) is 138 cm³/mol. The van der Waals surface area contributed by atoms with Crippen molar-refractivity contribution in [1.82, 2.24) is 14.9 Å². The maximum atomic E-state index is 12.7. The summed E-state index contributed by atoms with van der Waals surface area (Å²) in [5.41, 5.74) is 2.79. The average molecular weight is 472 g/mol. The van der Waals surface area contributed by atoms with Crippen LogP contribution in [0.2, 0.25) is 0 Å². The third kappa shape index (κ3) is 6.35. The number of ether oxygens (including phenoxy) is 2. The largest absolute Gasteiger partial charge is 0.486 e. The number of anilines is 3. The van der Waals surface area contributed by atoms with Crippen LogP contribution in [-0.2, 0) is 9.53 Å². The van der Waals surface area contributed by atoms with Crippen LogP contribution >= 0.6 is 0 Å². The van der Waals surface area contributed by atoms with E-state index in [0.717, 1.165) is 29.6 Å². The molecule has 1 amide bonds. The number of carbonyl (C=O) groups excluding carboxylic acids is 1. The van der Waals surface area contributed by atoms with Gasteiger partial charge in [0.1, 0.15) is 24.0 Å². The zero-order chi connectivity index (χ0) is 24.6. The van der Waals surface area contributed by atoms with Gasteiger partial charge in [-0.2, -0.15) is 0 Å². The lowest BCUT2D eigenvalue weighted by molar-refractivity contribution is -0.111. The Balaban J connectivity index is 1.66. The number of amides is 1. The lowest BCUT2D eigenvalue weighted by Crippen LogP contribution is -2.19. The first kappa shape index (κ1) is 24.2. The molecule has 0 bridgehead atoms. The van der Waals surface area contributed by atoms with E-state index in [1.165, 1.54) is 12.4 Å². The number of benzene rings is 2. The molecule has 8 nitrogen and oxygen atoms in total. The van der Waals surface area contributed by atoms with Gasteiger partial charge in [-0.3, -0.25) is 4.79 Å². The smallest absolute Gasteiger partial charge is 0.248 e. The van der Waals surface area contributed by atoms with Crippen molar-refractivity contribution in [2.75, 3.05) is 44.0 Å². The standard InChI is InChI=1S/C27H29N5O3/c1-4-19-8-6-9-20(14-19)30-27-22-15-24(31-26(33)10-7-12-32(3)5-2)25(16-23(22)28-18-29-27)35-21-11-13-34-17-21/h1,6-10,14-16,18,21H,5,11-13,17H2,2-3H3,(H,31,33)(H,28,29,30)/b10-7+. The minimum Gasteiger partial charge on any atom is -0.486 e. The highest BCUT2D eigenvalue weighted by Crippen LogP contribution is 2.34. The number of nitrogens with zero attached hydrogens (tertiary/aromatic N) is 3. The van der Waals surface area contributed by atoms with E-state index in [4.69, 9.17) is 15.9 Å². The van der Waals surface area contributed by atoms with Gasteiger partial charge in [0.2, 0.25) is 5.91 Å². The molecule has 1 aliphatic rings. The molecule has 1 atom stereocenters. The highest BCUT2D eigenvalue weighted by atomic mass is 16.5. The van der Waals surface area contributed by atoms with Crippen molar-refractivity contribution in [3.8, 4) is 18.1 Å². The quantitative estimate of drug-likeness (QED) is 0.361. The molecular formula is C27H29N5O3. The first-order valence-electron chi connectivity index (χ1n) is 11.6. The van der Waals surface area contributed by atoms with E-state index in [9.17, 15) is 4.79 Å². The Bertz CT molecular complexity index is 1260. The minimum atomic E-state index is -0.241. The molecule has 1 fully saturated rings. The van der Waals surface area contributed by atoms with Crippen molar-refractivity contribution >= 4 is 34.0 Å². The molecule has 1 aromatic heterocycles. The molecule has 2 heterocycles. The third-order valence-corrected chi connectivity index (χ3v) is 5.69. The van der Waals surface area contributed by atoms with Gasteiger partial charge in [-0.1, -0.05) is 25.0 Å². The third-order valence-electron chi connectivity index (χ3n) is 5.69. The number of likely N-dealkylation sites (N-methyl/N-ethyl adjacent to an activating group) is 1. The van der Waals surface area contributed by atoms with Crippen LogP contribution in [-0.4, -0.2) is 60.2 Å². The molecule has 1 saturated heterocycles. The van der Waals surface area contributed by atoms with Gasteiger partial charge in [-0.15, -0.1) is 6.42 Å². The molecule has 0 aliphatic carbocycles. The summed E-state index contributed by atoms with van der Waals surface area (Å²) in [4.78, 5) is 23.6. The zero-order valence-electron chi connectivity index (χ0n) is 20.0. The average Bonchev–Trinajstić information content (AvgIpc) is 3.38. The predicted octanol–water partition coefficient (Wildman–Crippen LogP) is 3.97. The van der Waals surface area contributed by atoms with Crippen molar-refractivity contribution in [3.63, 3.8) is 0 Å². The maximum absolute atomic E-state index is 12.7. The molecule has 0 saturated carbocycles. The van der Waals surface area contributed by atoms with Crippen LogP contribution in [0.4, 0.5) is 17.2 Å². The second-order valence-electron chi connectivity index (χ2n) is 8.29. The molecule has 1 unspecified atom stereocenters. The van der Waals surface area contributed by atoms with Crippen LogP contribution in [0.5, 0.6) is 5.75 Å². The molecule has 1 aliphatic heterocycles. The van der Waals surface area contributed by atoms with E-state index < -0.39 is 0 Å². The monoisotopic (exact) mass is 471 g/mol. The number of nitrogens with one attached hydrogen (secondary N) is 2. The van der Waals surface area contributed by atoms with E-state index >= 15 is 0 Å². The number of hydrogen-bond donors (Lipinski definition) is 2. The Labute approximate surface area is 205 Å². The topological polar surface area (TPSA) is 88.6 Å². The molecule has 2 N–H and O–H groups in total. The van der Waals surface area contributed by atoms with Crippen LogP contribution in [0, 0.1) is 12.3 Å². The summed E-state index contributed by atoms with van der Waals surface area (Å²) < 4.78 is 11.6. The van der Waals surface area contributed by atoms with Crippen molar-refractivity contribution in [2.45, 2.75) is 19.4 Å². The molecule has 0 spiro atoms. The van der Waals surface area contributed by atoms with Gasteiger partial charge >= 0.3 is 0 Å². The van der Waals surface area contributed by atoms with Gasteiger partial charge < -0.3 is 25.0 Å². The molecule has 35 heavy (non-hydrogen) atoms. The van der Waals surface area contributed by atoms with Crippen LogP contribution in [0.3, 0.4) is 0 Å². The summed E-state index contributed by atoms with van der Waals surface area (Å²) in [6, 6.07) is 11.2. The van der Waals surface area contributed by atoms with Crippen LogP contribution < -0.4 is 15.4 Å². The van der Waals surface area contributed by atoms with Crippen LogP contribution in [0.15, 0.2) is 54.9 Å². The van der Waals surface area contributed by atoms with Gasteiger partial charge in [-0.25, -0.2) is 9.97 Å². The first-order valence-corrected chi connectivity index (χ1v) is 11.6. The van der Waals surface area contributed by atoms with Crippen molar-refractivity contribution in [3.05, 3.63) is 60.4 Å². The number of aromatic nitrogens is 2. The fourth-order valence-corrected chi connectivity index (χ4v) is 3.63. The summed E-state index contributed by atoms with van der Waals surface area (Å²) in [5, 5.41) is 7.00. The Hall–Kier alpha value is -3.93. The molecule has 2 aromatic carbocycles. The second-order valence-corrected chi connectivity index (χ2v) is 8.29. The lowest BCUT2D eigenvalue weighted by atomic mass is 10.1. The molecular weight excluding hydrogens is 442 g/mol. The van der Waals surface area contributed by atoms with E-state index in [0.29, 0.717) is 42.5 Å². The van der Waals surface area contributed by atoms with Gasteiger partial charge in [0, 0.05) is 41.7 Å². The molecule has 3 aromatic rings. The Morgan fingerprint density at radius 2 is 2.23 bits per heavy atom. The van der Waals surface area contributed by atoms with E-state index in [1.54, 1.807) is 0 Å². The van der Waals surface area contributed by atoms with Gasteiger partial charge in [0.25, 0.3) is 0 Å². The second kappa shape index (κ2) is 11.5. The van der Waals surface area contributed by atoms with Gasteiger partial charge in [0.15, 0.2) is 0 Å². The Morgan fingerprint density at radius 3 is 3.00 bits per heavy atom. The van der Waals surface area contributed by atoms with Crippen LogP contribution in [0.25, 0.3) is 10.9 Å². The van der Waals surface area contributed by atoms with Gasteiger partial charge in [-0.05, 0) is 37.9 Å². The Kier molecular flexibility index (Phi) is 7.93. The molecule has 4 rings (SSSR count). The van der Waals surface area contributed by atoms with E-state index in [1.807, 2.05) is 49.5 Å². The SMILES string of the molecule is C#Cc1cccc(Nc2ncnc3cc(OC4CCOC4)c(NC(=O)/C=C/CN(C)CC)cc23)c1. The number of hydrogen-bond acceptors (Lipinski definition) is 7. The van der Waals surface area contributed by atoms with Crippen molar-refractivity contribution in [2.24, 2.45) is 0 Å². The van der Waals surface area contributed by atoms with E-state index in [2.05, 4.69) is 38.3 Å². The molecule has 180 valence electrons. The summed E-state index contributed by atoms with van der Waals surface area (Å²) in [6.45, 7) is 4.81. The molecule has 0 radical (unpaired) electrons. The zero-order valence-corrected chi connectivity index (χ0v) is 20.0. The normalized spacial score (nSPS) is 15.4. The highest BCUT2D eigenvalue weighted by molar-refractivity contribution is 6.03. The van der Waals surface area contributed by atoms with Crippen molar-refractivity contribution in [1.29, 1.82) is 0 Å². The fourth-order valence-electron chi connectivity index (χ4n) is 3.63. The minimum absolute atomic E-state index is 0.0808. The summed E-state index contributed by atoms with van der Waals surface area (Å²) in [7, 11) is 2.00. The number of terminal acetylenes is 1. The fraction of sp³-hybridized carbons (Fsp3) is 0.296. The highest BCUT2D eigenvalue weighted by Gasteiger charge is 2.20. The molecule has 8 heteroatoms. The van der Waals surface area contributed by atoms with E-state index in [-0.39, 0.29) is 12.0 Å². The van der Waals surface area contributed by atoms with Crippen LogP contribution in [0.1, 0.15) is 18.9 Å². The number of fused-ring (bicyclic) bond motifs is 1. The summed E-state index contributed by atoms with van der Waals surface area (Å²) >= 11 is 0.